The van der Waals surface area contributed by atoms with Crippen LogP contribution < -0.4 is 5.32 Å². The van der Waals surface area contributed by atoms with E-state index in [2.05, 4.69) is 15.3 Å². The Morgan fingerprint density at radius 3 is 2.87 bits per heavy atom. The molecule has 80 valence electrons. The van der Waals surface area contributed by atoms with E-state index in [-0.39, 0.29) is 0 Å². The number of aromatic nitrogens is 2. The third kappa shape index (κ3) is 1.68. The predicted octanol–water partition coefficient (Wildman–Crippen LogP) is 2.22. The summed E-state index contributed by atoms with van der Waals surface area (Å²) in [5.41, 5.74) is 0. The molecular formula is C11H14FN3. The summed E-state index contributed by atoms with van der Waals surface area (Å²) in [5.74, 6) is 1.82. The largest absolute Gasteiger partial charge is 0.367 e. The van der Waals surface area contributed by atoms with Crippen LogP contribution in [0.1, 0.15) is 25.7 Å². The van der Waals surface area contributed by atoms with E-state index in [1.165, 1.54) is 38.1 Å². The van der Waals surface area contributed by atoms with Crippen LogP contribution in [0.4, 0.5) is 10.2 Å². The van der Waals surface area contributed by atoms with E-state index in [1.807, 2.05) is 0 Å². The Balaban J connectivity index is 1.71. The number of fused-ring (bicyclic) bond motifs is 2. The second-order valence-electron chi connectivity index (χ2n) is 4.65. The zero-order valence-corrected chi connectivity index (χ0v) is 8.49. The quantitative estimate of drug-likeness (QED) is 0.755. The molecule has 3 unspecified atom stereocenters. The monoisotopic (exact) mass is 207 g/mol. The zero-order chi connectivity index (χ0) is 10.3. The van der Waals surface area contributed by atoms with Gasteiger partial charge in [-0.2, -0.15) is 4.39 Å². The van der Waals surface area contributed by atoms with Gasteiger partial charge >= 0.3 is 0 Å². The molecule has 0 aromatic carbocycles. The van der Waals surface area contributed by atoms with Gasteiger partial charge in [0.2, 0.25) is 5.95 Å². The highest BCUT2D eigenvalue weighted by molar-refractivity contribution is 5.34. The lowest BCUT2D eigenvalue weighted by Crippen LogP contribution is -2.26. The first-order valence-electron chi connectivity index (χ1n) is 5.55. The lowest BCUT2D eigenvalue weighted by molar-refractivity contribution is 0.438. The first kappa shape index (κ1) is 9.07. The molecule has 1 aromatic rings. The molecule has 2 aliphatic rings. The van der Waals surface area contributed by atoms with E-state index < -0.39 is 5.95 Å². The summed E-state index contributed by atoms with van der Waals surface area (Å²) in [6.07, 6.45) is 6.52. The Kier molecular flexibility index (Phi) is 2.08. The molecule has 1 aromatic heterocycles. The van der Waals surface area contributed by atoms with E-state index in [9.17, 15) is 4.39 Å². The highest BCUT2D eigenvalue weighted by atomic mass is 19.1. The van der Waals surface area contributed by atoms with Crippen LogP contribution in [0.2, 0.25) is 0 Å². The maximum atomic E-state index is 12.8. The van der Waals surface area contributed by atoms with E-state index in [0.717, 1.165) is 11.8 Å². The summed E-state index contributed by atoms with van der Waals surface area (Å²) in [7, 11) is 0. The smallest absolute Gasteiger partial charge is 0.217 e. The lowest BCUT2D eigenvalue weighted by atomic mass is 9.95. The van der Waals surface area contributed by atoms with Crippen molar-refractivity contribution in [3.05, 3.63) is 18.3 Å². The molecule has 3 nitrogen and oxygen atoms in total. The van der Waals surface area contributed by atoms with Crippen LogP contribution in [0, 0.1) is 17.8 Å². The van der Waals surface area contributed by atoms with Crippen LogP contribution in [0.25, 0.3) is 0 Å². The number of nitrogens with one attached hydrogen (secondary N) is 1. The second-order valence-corrected chi connectivity index (χ2v) is 4.65. The standard InChI is InChI=1S/C11H14FN3/c12-10-5-11(14-6-13-10)15-9-4-7-1-2-8(9)3-7/h5-9H,1-4H2,(H,13,14,15). The molecule has 1 N–H and O–H groups in total. The maximum Gasteiger partial charge on any atom is 0.217 e. The van der Waals surface area contributed by atoms with E-state index in [4.69, 9.17) is 0 Å². The molecule has 1 heterocycles. The van der Waals surface area contributed by atoms with Gasteiger partial charge in [-0.1, -0.05) is 6.42 Å². The van der Waals surface area contributed by atoms with Crippen LogP contribution in [-0.2, 0) is 0 Å². The molecule has 3 rings (SSSR count). The fraction of sp³-hybridized carbons (Fsp3) is 0.636. The van der Waals surface area contributed by atoms with Crippen molar-refractivity contribution in [2.45, 2.75) is 31.7 Å². The van der Waals surface area contributed by atoms with E-state index in [1.54, 1.807) is 0 Å². The number of hydrogen-bond donors (Lipinski definition) is 1. The Hall–Kier alpha value is -1.19. The van der Waals surface area contributed by atoms with Crippen LogP contribution >= 0.6 is 0 Å². The summed E-state index contributed by atoms with van der Waals surface area (Å²) in [5, 5.41) is 3.32. The number of halogens is 1. The predicted molar refractivity (Wildman–Crippen MR) is 54.8 cm³/mol. The topological polar surface area (TPSA) is 37.8 Å². The van der Waals surface area contributed by atoms with Crippen LogP contribution in [-0.4, -0.2) is 16.0 Å². The Labute approximate surface area is 88.1 Å². The molecule has 3 atom stereocenters. The molecular weight excluding hydrogens is 193 g/mol. The number of anilines is 1. The van der Waals surface area contributed by atoms with Gasteiger partial charge < -0.3 is 5.32 Å². The van der Waals surface area contributed by atoms with Crippen molar-refractivity contribution in [1.82, 2.24) is 9.97 Å². The van der Waals surface area contributed by atoms with Gasteiger partial charge in [-0.05, 0) is 31.1 Å². The molecule has 0 spiro atoms. The first-order valence-corrected chi connectivity index (χ1v) is 5.55. The van der Waals surface area contributed by atoms with Gasteiger partial charge in [-0.15, -0.1) is 0 Å². The van der Waals surface area contributed by atoms with Crippen molar-refractivity contribution in [2.75, 3.05) is 5.32 Å². The fourth-order valence-corrected chi connectivity index (χ4v) is 3.02. The summed E-state index contributed by atoms with van der Waals surface area (Å²) < 4.78 is 12.8. The average Bonchev–Trinajstić information content (AvgIpc) is 2.79. The van der Waals surface area contributed by atoms with Gasteiger partial charge in [-0.3, -0.25) is 0 Å². The summed E-state index contributed by atoms with van der Waals surface area (Å²) >= 11 is 0. The first-order chi connectivity index (χ1) is 7.31. The molecule has 0 aliphatic heterocycles. The number of nitrogens with zero attached hydrogens (tertiary/aromatic N) is 2. The van der Waals surface area contributed by atoms with Gasteiger partial charge in [0.15, 0.2) is 0 Å². The molecule has 0 amide bonds. The second kappa shape index (κ2) is 3.43. The van der Waals surface area contributed by atoms with Gasteiger partial charge in [0.05, 0.1) is 0 Å². The van der Waals surface area contributed by atoms with Crippen molar-refractivity contribution in [2.24, 2.45) is 11.8 Å². The normalized spacial score (nSPS) is 33.3. The fourth-order valence-electron chi connectivity index (χ4n) is 3.02. The van der Waals surface area contributed by atoms with Crippen LogP contribution in [0.3, 0.4) is 0 Å². The minimum atomic E-state index is -0.462. The molecule has 0 radical (unpaired) electrons. The van der Waals surface area contributed by atoms with Crippen molar-refractivity contribution < 1.29 is 4.39 Å². The highest BCUT2D eigenvalue weighted by Crippen LogP contribution is 2.45. The third-order valence-corrected chi connectivity index (χ3v) is 3.71. The minimum absolute atomic E-state index is 0.462. The molecule has 2 saturated carbocycles. The van der Waals surface area contributed by atoms with Crippen LogP contribution in [0.5, 0.6) is 0 Å². The minimum Gasteiger partial charge on any atom is -0.367 e. The molecule has 2 bridgehead atoms. The Morgan fingerprint density at radius 2 is 2.20 bits per heavy atom. The van der Waals surface area contributed by atoms with Gasteiger partial charge in [-0.25, -0.2) is 9.97 Å². The average molecular weight is 207 g/mol. The Morgan fingerprint density at radius 1 is 1.27 bits per heavy atom. The van der Waals surface area contributed by atoms with Gasteiger partial charge in [0.25, 0.3) is 0 Å². The van der Waals surface area contributed by atoms with E-state index in [0.29, 0.717) is 11.9 Å². The maximum absolute atomic E-state index is 12.8. The Bertz CT molecular complexity index is 369. The van der Waals surface area contributed by atoms with Crippen molar-refractivity contribution >= 4 is 5.82 Å². The molecule has 2 aliphatic carbocycles. The van der Waals surface area contributed by atoms with Gasteiger partial charge in [0.1, 0.15) is 12.1 Å². The van der Waals surface area contributed by atoms with Gasteiger partial charge in [0, 0.05) is 12.1 Å². The molecule has 0 saturated heterocycles. The summed E-state index contributed by atoms with van der Waals surface area (Å²) in [6, 6.07) is 1.87. The number of hydrogen-bond acceptors (Lipinski definition) is 3. The zero-order valence-electron chi connectivity index (χ0n) is 8.49. The molecule has 15 heavy (non-hydrogen) atoms. The number of rotatable bonds is 2. The summed E-state index contributed by atoms with van der Waals surface area (Å²) in [6.45, 7) is 0. The van der Waals surface area contributed by atoms with E-state index >= 15 is 0 Å². The van der Waals surface area contributed by atoms with Crippen LogP contribution in [0.15, 0.2) is 12.4 Å². The third-order valence-electron chi connectivity index (χ3n) is 3.71. The SMILES string of the molecule is Fc1cc(NC2CC3CCC2C3)ncn1. The van der Waals surface area contributed by atoms with Crippen molar-refractivity contribution in [3.8, 4) is 0 Å². The summed E-state index contributed by atoms with van der Waals surface area (Å²) in [4.78, 5) is 7.47. The van der Waals surface area contributed by atoms with Crippen molar-refractivity contribution in [3.63, 3.8) is 0 Å². The highest BCUT2D eigenvalue weighted by Gasteiger charge is 2.39. The van der Waals surface area contributed by atoms with Crippen molar-refractivity contribution in [1.29, 1.82) is 0 Å². The lowest BCUT2D eigenvalue weighted by Gasteiger charge is -2.23. The molecule has 4 heteroatoms. The molecule has 2 fully saturated rings.